The molecule has 2 aromatic rings. The van der Waals surface area contributed by atoms with Crippen LogP contribution < -0.4 is 10.5 Å². The van der Waals surface area contributed by atoms with Crippen LogP contribution in [0.3, 0.4) is 0 Å². The first-order valence-electron chi connectivity index (χ1n) is 5.19. The quantitative estimate of drug-likeness (QED) is 0.350. The summed E-state index contributed by atoms with van der Waals surface area (Å²) in [4.78, 5) is 0. The summed E-state index contributed by atoms with van der Waals surface area (Å²) in [6.07, 6.45) is 3.71. The van der Waals surface area contributed by atoms with Crippen LogP contribution in [0.25, 0.3) is 11.1 Å². The molecule has 1 aromatic carbocycles. The van der Waals surface area contributed by atoms with E-state index in [0.717, 1.165) is 5.56 Å². The van der Waals surface area contributed by atoms with Gasteiger partial charge in [0, 0.05) is 11.6 Å². The normalized spacial score (nSPS) is 14.5. The fraction of sp³-hybridized carbons (Fsp3) is 0. The van der Waals surface area contributed by atoms with Crippen molar-refractivity contribution in [2.24, 2.45) is 0 Å². The molecule has 20 heavy (non-hydrogen) atoms. The van der Waals surface area contributed by atoms with Gasteiger partial charge in [-0.2, -0.15) is 0 Å². The van der Waals surface area contributed by atoms with Gasteiger partial charge in [-0.1, -0.05) is 35.0 Å². The van der Waals surface area contributed by atoms with E-state index in [0.29, 0.717) is 0 Å². The van der Waals surface area contributed by atoms with Gasteiger partial charge in [0.05, 0.1) is 0 Å². The van der Waals surface area contributed by atoms with Crippen molar-refractivity contribution in [1.82, 2.24) is 0 Å². The third-order valence-electron chi connectivity index (χ3n) is 1.93. The van der Waals surface area contributed by atoms with Gasteiger partial charge in [0.25, 0.3) is 0 Å². The van der Waals surface area contributed by atoms with Gasteiger partial charge < -0.3 is 0 Å². The van der Waals surface area contributed by atoms with Crippen molar-refractivity contribution in [3.05, 3.63) is 54.9 Å². The Bertz CT molecular complexity index is 571. The largest absolute Gasteiger partial charge is 0.206 e. The average Bonchev–Trinajstić information content (AvgIpc) is 2.26. The first-order valence-corrected chi connectivity index (χ1v) is 7.22. The van der Waals surface area contributed by atoms with E-state index in [-0.39, 0.29) is 0 Å². The number of aromatic nitrogens is 1. The molecular weight excluding hydrogens is 305 g/mol. The summed E-state index contributed by atoms with van der Waals surface area (Å²) in [6.45, 7) is 0. The Morgan fingerprint density at radius 2 is 1.20 bits per heavy atom. The molecular formula is C11H11F6N2P. The molecule has 0 atom stereocenters. The molecule has 0 unspecified atom stereocenters. The molecule has 0 radical (unpaired) electrons. The Hall–Kier alpha value is -1.82. The van der Waals surface area contributed by atoms with E-state index in [9.17, 15) is 25.2 Å². The second-order valence-electron chi connectivity index (χ2n) is 3.86. The number of hydrogen-bond acceptors (Lipinski definition) is 1. The fourth-order valence-electron chi connectivity index (χ4n) is 1.29. The summed E-state index contributed by atoms with van der Waals surface area (Å²) in [5.74, 6) is 5.61. The van der Waals surface area contributed by atoms with Crippen molar-refractivity contribution in [2.45, 2.75) is 0 Å². The minimum Gasteiger partial charge on any atom is -0.205 e. The zero-order valence-electron chi connectivity index (χ0n) is 9.94. The van der Waals surface area contributed by atoms with E-state index in [1.807, 2.05) is 42.7 Å². The van der Waals surface area contributed by atoms with Crippen molar-refractivity contribution in [3.63, 3.8) is 0 Å². The minimum atomic E-state index is -10.7. The first-order chi connectivity index (χ1) is 8.81. The molecule has 2 rings (SSSR count). The van der Waals surface area contributed by atoms with E-state index in [2.05, 4.69) is 12.1 Å². The van der Waals surface area contributed by atoms with Gasteiger partial charge in [0.1, 0.15) is 0 Å². The van der Waals surface area contributed by atoms with Crippen LogP contribution in [0.1, 0.15) is 0 Å². The number of halogens is 6. The molecule has 0 spiro atoms. The second-order valence-corrected chi connectivity index (χ2v) is 5.78. The van der Waals surface area contributed by atoms with E-state index < -0.39 is 7.81 Å². The summed E-state index contributed by atoms with van der Waals surface area (Å²) >= 11 is 0. The standard InChI is InChI=1S/C11H11N2.F6P/c12-13-8-4-7-11(9-13)10-5-2-1-3-6-10;1-7(2,3,4,5)6/h1-9H,12H2;/q+1;-1. The number of rotatable bonds is 1. The Morgan fingerprint density at radius 3 is 1.65 bits per heavy atom. The van der Waals surface area contributed by atoms with Crippen LogP contribution in [0.15, 0.2) is 54.9 Å². The molecule has 0 aliphatic heterocycles. The van der Waals surface area contributed by atoms with Crippen LogP contribution >= 0.6 is 7.81 Å². The summed E-state index contributed by atoms with van der Waals surface area (Å²) in [5.41, 5.74) is 2.31. The third kappa shape index (κ3) is 9.16. The molecule has 1 heterocycles. The molecule has 0 aliphatic rings. The minimum absolute atomic E-state index is 1.13. The molecule has 112 valence electrons. The van der Waals surface area contributed by atoms with Gasteiger partial charge in [0.15, 0.2) is 6.20 Å². The molecule has 2 N–H and O–H groups in total. The number of hydrogen-bond donors (Lipinski definition) is 1. The number of nitrogen functional groups attached to an aromatic ring is 1. The number of nitrogens with two attached hydrogens (primary N) is 1. The Morgan fingerprint density at radius 1 is 0.750 bits per heavy atom. The summed E-state index contributed by atoms with van der Waals surface area (Å²) in [5, 5.41) is 0. The predicted octanol–water partition coefficient (Wildman–Crippen LogP) is 4.74. The monoisotopic (exact) mass is 316 g/mol. The summed E-state index contributed by atoms with van der Waals surface area (Å²) in [6, 6.07) is 14.1. The predicted molar refractivity (Wildman–Crippen MR) is 65.8 cm³/mol. The SMILES string of the molecule is F[P-](F)(F)(F)(F)F.N[n+]1cccc(-c2ccccc2)c1. The topological polar surface area (TPSA) is 29.9 Å². The first kappa shape index (κ1) is 16.2. The maximum Gasteiger partial charge on any atom is 0.206 e. The van der Waals surface area contributed by atoms with Crippen LogP contribution in [0.2, 0.25) is 0 Å². The van der Waals surface area contributed by atoms with E-state index in [1.165, 1.54) is 5.56 Å². The summed E-state index contributed by atoms with van der Waals surface area (Å²) in [7, 11) is -10.7. The van der Waals surface area contributed by atoms with Gasteiger partial charge in [-0.3, -0.25) is 0 Å². The van der Waals surface area contributed by atoms with Gasteiger partial charge >= 0.3 is 33.0 Å². The molecule has 0 saturated heterocycles. The van der Waals surface area contributed by atoms with Gasteiger partial charge in [-0.25, -0.2) is 5.84 Å². The van der Waals surface area contributed by atoms with Crippen LogP contribution in [0, 0.1) is 0 Å². The number of nitrogens with zero attached hydrogens (tertiary/aromatic N) is 1. The maximum atomic E-state index is 9.87. The average molecular weight is 316 g/mol. The van der Waals surface area contributed by atoms with E-state index in [1.54, 1.807) is 4.68 Å². The molecule has 1 aromatic heterocycles. The molecule has 0 fully saturated rings. The Labute approximate surface area is 110 Å². The van der Waals surface area contributed by atoms with Crippen LogP contribution in [-0.2, 0) is 0 Å². The van der Waals surface area contributed by atoms with Crippen molar-refractivity contribution in [2.75, 3.05) is 5.84 Å². The van der Waals surface area contributed by atoms with Gasteiger partial charge in [0.2, 0.25) is 6.20 Å². The molecule has 2 nitrogen and oxygen atoms in total. The van der Waals surface area contributed by atoms with Gasteiger partial charge in [-0.15, -0.1) is 0 Å². The molecule has 0 amide bonds. The van der Waals surface area contributed by atoms with Crippen molar-refractivity contribution < 1.29 is 29.9 Å². The fourth-order valence-corrected chi connectivity index (χ4v) is 1.29. The van der Waals surface area contributed by atoms with E-state index >= 15 is 0 Å². The Balaban J connectivity index is 0.000000246. The van der Waals surface area contributed by atoms with E-state index in [4.69, 9.17) is 5.84 Å². The van der Waals surface area contributed by atoms with Crippen molar-refractivity contribution in [3.8, 4) is 11.1 Å². The van der Waals surface area contributed by atoms with Crippen LogP contribution in [-0.4, -0.2) is 0 Å². The summed E-state index contributed by atoms with van der Waals surface area (Å²) < 4.78 is 60.8. The van der Waals surface area contributed by atoms with Crippen molar-refractivity contribution >= 4 is 7.81 Å². The Kier molecular flexibility index (Phi) is 3.76. The van der Waals surface area contributed by atoms with Crippen LogP contribution in [0.4, 0.5) is 25.2 Å². The molecule has 9 heteroatoms. The molecule has 0 saturated carbocycles. The number of pyridine rings is 1. The molecule has 0 aliphatic carbocycles. The maximum absolute atomic E-state index is 10.7. The molecule has 0 bridgehead atoms. The second kappa shape index (κ2) is 4.63. The van der Waals surface area contributed by atoms with Crippen LogP contribution in [0.5, 0.6) is 0 Å². The third-order valence-corrected chi connectivity index (χ3v) is 1.93. The van der Waals surface area contributed by atoms with Gasteiger partial charge in [-0.05, 0) is 11.6 Å². The smallest absolute Gasteiger partial charge is 0.205 e. The zero-order chi connectivity index (χ0) is 15.5. The van der Waals surface area contributed by atoms with Crippen molar-refractivity contribution in [1.29, 1.82) is 0 Å². The zero-order valence-corrected chi connectivity index (χ0v) is 10.8. The number of benzene rings is 1.